The van der Waals surface area contributed by atoms with Gasteiger partial charge in [0.25, 0.3) is 0 Å². The summed E-state index contributed by atoms with van der Waals surface area (Å²) in [6.07, 6.45) is 6.77. The van der Waals surface area contributed by atoms with Gasteiger partial charge in [0, 0.05) is 17.1 Å². The van der Waals surface area contributed by atoms with Gasteiger partial charge >= 0.3 is 0 Å². The Balaban J connectivity index is 2.09. The van der Waals surface area contributed by atoms with Crippen LogP contribution in [0.15, 0.2) is 24.4 Å². The minimum Gasteiger partial charge on any atom is -0.382 e. The number of hydrogen-bond acceptors (Lipinski definition) is 2. The van der Waals surface area contributed by atoms with Gasteiger partial charge in [0.05, 0.1) is 11.7 Å². The Morgan fingerprint density at radius 2 is 2.00 bits per heavy atom. The van der Waals surface area contributed by atoms with E-state index in [-0.39, 0.29) is 0 Å². The van der Waals surface area contributed by atoms with Crippen LogP contribution in [0.5, 0.6) is 0 Å². The summed E-state index contributed by atoms with van der Waals surface area (Å²) in [4.78, 5) is 0. The summed E-state index contributed by atoms with van der Waals surface area (Å²) in [6.45, 7) is 4.48. The maximum atomic E-state index is 4.04. The van der Waals surface area contributed by atoms with E-state index in [1.807, 2.05) is 6.20 Å². The quantitative estimate of drug-likeness (QED) is 0.790. The van der Waals surface area contributed by atoms with Crippen LogP contribution in [0.1, 0.15) is 39.5 Å². The van der Waals surface area contributed by atoms with E-state index in [2.05, 4.69) is 47.6 Å². The number of nitrogens with one attached hydrogen (secondary N) is 2. The van der Waals surface area contributed by atoms with E-state index in [0.717, 1.165) is 10.9 Å². The standard InChI is InChI=1S/C14H21N3/c1-3-5-12(6-4-2)16-13-8-7-11-10-15-17-14(11)9-13/h7-10,12,16H,3-6H2,1-2H3,(H,15,17). The molecule has 0 aliphatic rings. The summed E-state index contributed by atoms with van der Waals surface area (Å²) >= 11 is 0. The third kappa shape index (κ3) is 2.99. The molecule has 1 aromatic heterocycles. The van der Waals surface area contributed by atoms with Crippen LogP contribution < -0.4 is 5.32 Å². The summed E-state index contributed by atoms with van der Waals surface area (Å²) in [5.41, 5.74) is 2.29. The summed E-state index contributed by atoms with van der Waals surface area (Å²) in [5.74, 6) is 0. The highest BCUT2D eigenvalue weighted by Gasteiger charge is 2.06. The molecule has 92 valence electrons. The van der Waals surface area contributed by atoms with E-state index < -0.39 is 0 Å². The van der Waals surface area contributed by atoms with Crippen LogP contribution >= 0.6 is 0 Å². The molecule has 3 heteroatoms. The van der Waals surface area contributed by atoms with Gasteiger partial charge in [-0.15, -0.1) is 0 Å². The van der Waals surface area contributed by atoms with Crippen LogP contribution in [0, 0.1) is 0 Å². The lowest BCUT2D eigenvalue weighted by atomic mass is 10.1. The number of fused-ring (bicyclic) bond motifs is 1. The topological polar surface area (TPSA) is 40.7 Å². The molecule has 0 aliphatic carbocycles. The Labute approximate surface area is 103 Å². The molecule has 2 rings (SSSR count). The molecular formula is C14H21N3. The molecule has 0 aliphatic heterocycles. The lowest BCUT2D eigenvalue weighted by Gasteiger charge is -2.18. The van der Waals surface area contributed by atoms with Gasteiger partial charge in [0.15, 0.2) is 0 Å². The van der Waals surface area contributed by atoms with Crippen molar-refractivity contribution in [3.63, 3.8) is 0 Å². The number of aromatic amines is 1. The average molecular weight is 231 g/mol. The van der Waals surface area contributed by atoms with Crippen molar-refractivity contribution in [2.75, 3.05) is 5.32 Å². The van der Waals surface area contributed by atoms with Crippen LogP contribution in [0.4, 0.5) is 5.69 Å². The largest absolute Gasteiger partial charge is 0.382 e. The van der Waals surface area contributed by atoms with Gasteiger partial charge in [-0.2, -0.15) is 5.10 Å². The molecule has 0 fully saturated rings. The summed E-state index contributed by atoms with van der Waals surface area (Å²) in [7, 11) is 0. The Morgan fingerprint density at radius 1 is 1.24 bits per heavy atom. The first-order valence-electron chi connectivity index (χ1n) is 6.53. The van der Waals surface area contributed by atoms with E-state index in [1.165, 1.54) is 31.4 Å². The van der Waals surface area contributed by atoms with Crippen molar-refractivity contribution in [3.8, 4) is 0 Å². The Kier molecular flexibility index (Phi) is 4.02. The molecule has 0 amide bonds. The number of nitrogens with zero attached hydrogens (tertiary/aromatic N) is 1. The molecule has 2 N–H and O–H groups in total. The first kappa shape index (κ1) is 12.0. The van der Waals surface area contributed by atoms with Crippen molar-refractivity contribution in [2.45, 2.75) is 45.6 Å². The lowest BCUT2D eigenvalue weighted by Crippen LogP contribution is -2.18. The Hall–Kier alpha value is -1.51. The fourth-order valence-electron chi connectivity index (χ4n) is 2.25. The summed E-state index contributed by atoms with van der Waals surface area (Å²) in [6, 6.07) is 6.97. The van der Waals surface area contributed by atoms with Gasteiger partial charge < -0.3 is 5.32 Å². The summed E-state index contributed by atoms with van der Waals surface area (Å²) < 4.78 is 0. The fourth-order valence-corrected chi connectivity index (χ4v) is 2.25. The van der Waals surface area contributed by atoms with Crippen LogP contribution in [-0.4, -0.2) is 16.2 Å². The molecule has 3 nitrogen and oxygen atoms in total. The van der Waals surface area contributed by atoms with Crippen molar-refractivity contribution in [1.29, 1.82) is 0 Å². The van der Waals surface area contributed by atoms with Crippen molar-refractivity contribution in [2.24, 2.45) is 0 Å². The van der Waals surface area contributed by atoms with Gasteiger partial charge in [0.1, 0.15) is 0 Å². The molecule has 0 unspecified atom stereocenters. The minimum atomic E-state index is 0.588. The fraction of sp³-hybridized carbons (Fsp3) is 0.500. The van der Waals surface area contributed by atoms with Crippen molar-refractivity contribution >= 4 is 16.6 Å². The SMILES string of the molecule is CCCC(CCC)Nc1ccc2cn[nH]c2c1. The van der Waals surface area contributed by atoms with Crippen molar-refractivity contribution in [1.82, 2.24) is 10.2 Å². The monoisotopic (exact) mass is 231 g/mol. The third-order valence-electron chi connectivity index (χ3n) is 3.09. The molecule has 2 aromatic rings. The number of H-pyrrole nitrogens is 1. The molecule has 1 aromatic carbocycles. The second-order valence-electron chi connectivity index (χ2n) is 4.59. The second kappa shape index (κ2) is 5.71. The second-order valence-corrected chi connectivity index (χ2v) is 4.59. The smallest absolute Gasteiger partial charge is 0.0670 e. The molecule has 0 atom stereocenters. The van der Waals surface area contributed by atoms with Crippen LogP contribution in [0.3, 0.4) is 0 Å². The van der Waals surface area contributed by atoms with E-state index >= 15 is 0 Å². The first-order chi connectivity index (χ1) is 8.33. The summed E-state index contributed by atoms with van der Waals surface area (Å²) in [5, 5.41) is 11.8. The lowest BCUT2D eigenvalue weighted by molar-refractivity contribution is 0.586. The minimum absolute atomic E-state index is 0.588. The van der Waals surface area contributed by atoms with Crippen LogP contribution in [0.2, 0.25) is 0 Å². The Morgan fingerprint density at radius 3 is 2.71 bits per heavy atom. The maximum Gasteiger partial charge on any atom is 0.0670 e. The van der Waals surface area contributed by atoms with Crippen molar-refractivity contribution in [3.05, 3.63) is 24.4 Å². The zero-order chi connectivity index (χ0) is 12.1. The van der Waals surface area contributed by atoms with E-state index in [9.17, 15) is 0 Å². The molecule has 0 spiro atoms. The number of benzene rings is 1. The van der Waals surface area contributed by atoms with Crippen molar-refractivity contribution < 1.29 is 0 Å². The van der Waals surface area contributed by atoms with E-state index in [4.69, 9.17) is 0 Å². The Bertz CT molecular complexity index is 455. The predicted molar refractivity (Wildman–Crippen MR) is 73.3 cm³/mol. The highest BCUT2D eigenvalue weighted by atomic mass is 15.1. The zero-order valence-electron chi connectivity index (χ0n) is 10.7. The maximum absolute atomic E-state index is 4.04. The van der Waals surface area contributed by atoms with Crippen LogP contribution in [0.25, 0.3) is 10.9 Å². The first-order valence-corrected chi connectivity index (χ1v) is 6.53. The number of hydrogen-bond donors (Lipinski definition) is 2. The van der Waals surface area contributed by atoms with E-state index in [1.54, 1.807) is 0 Å². The number of aromatic nitrogens is 2. The molecule has 1 heterocycles. The van der Waals surface area contributed by atoms with Gasteiger partial charge in [-0.05, 0) is 31.0 Å². The highest BCUT2D eigenvalue weighted by molar-refractivity contribution is 5.81. The van der Waals surface area contributed by atoms with Gasteiger partial charge in [0.2, 0.25) is 0 Å². The number of anilines is 1. The predicted octanol–water partition coefficient (Wildman–Crippen LogP) is 3.94. The third-order valence-corrected chi connectivity index (χ3v) is 3.09. The highest BCUT2D eigenvalue weighted by Crippen LogP contribution is 2.19. The van der Waals surface area contributed by atoms with Gasteiger partial charge in [-0.25, -0.2) is 0 Å². The molecule has 0 saturated heterocycles. The molecule has 0 radical (unpaired) electrons. The zero-order valence-corrected chi connectivity index (χ0v) is 10.7. The molecule has 17 heavy (non-hydrogen) atoms. The van der Waals surface area contributed by atoms with Gasteiger partial charge in [-0.3, -0.25) is 5.10 Å². The number of rotatable bonds is 6. The van der Waals surface area contributed by atoms with E-state index in [0.29, 0.717) is 6.04 Å². The molecule has 0 saturated carbocycles. The van der Waals surface area contributed by atoms with Crippen LogP contribution in [-0.2, 0) is 0 Å². The normalized spacial score (nSPS) is 11.2. The molecular weight excluding hydrogens is 210 g/mol. The molecule has 0 bridgehead atoms. The average Bonchev–Trinajstić information content (AvgIpc) is 2.77. The van der Waals surface area contributed by atoms with Gasteiger partial charge in [-0.1, -0.05) is 26.7 Å².